The summed E-state index contributed by atoms with van der Waals surface area (Å²) in [6.07, 6.45) is -1.67. The van der Waals surface area contributed by atoms with Crippen molar-refractivity contribution in [3.05, 3.63) is 18.0 Å². The summed E-state index contributed by atoms with van der Waals surface area (Å²) in [5.74, 6) is -1.98. The smallest absolute Gasteiger partial charge is 0.435 e. The lowest BCUT2D eigenvalue weighted by Crippen LogP contribution is -2.50. The maximum atomic E-state index is 12.5. The number of rotatable bonds is 6. The number of nitrogens with zero attached hydrogens (tertiary/aromatic N) is 3. The first-order valence-electron chi connectivity index (χ1n) is 8.44. The number of amides is 1. The molecule has 0 aromatic carbocycles. The van der Waals surface area contributed by atoms with Crippen molar-refractivity contribution in [1.82, 2.24) is 14.7 Å². The van der Waals surface area contributed by atoms with Gasteiger partial charge in [-0.1, -0.05) is 0 Å². The average Bonchev–Trinajstić information content (AvgIpc) is 3.08. The van der Waals surface area contributed by atoms with Crippen LogP contribution in [0, 0.1) is 0 Å². The highest BCUT2D eigenvalue weighted by atomic mass is 19.4. The maximum Gasteiger partial charge on any atom is 0.435 e. The fourth-order valence-corrected chi connectivity index (χ4v) is 2.72. The van der Waals surface area contributed by atoms with E-state index in [1.807, 2.05) is 0 Å². The number of carbonyl (C=O) groups excluding carboxylic acids is 3. The summed E-state index contributed by atoms with van der Waals surface area (Å²) >= 11 is 0. The zero-order valence-electron chi connectivity index (χ0n) is 14.7. The number of piperidine rings is 1. The molecule has 1 aliphatic heterocycles. The van der Waals surface area contributed by atoms with Gasteiger partial charge in [-0.15, -0.1) is 0 Å². The Morgan fingerprint density at radius 1 is 1.26 bits per heavy atom. The van der Waals surface area contributed by atoms with Gasteiger partial charge < -0.3 is 14.4 Å². The number of alkyl halides is 3. The molecule has 0 aliphatic carbocycles. The van der Waals surface area contributed by atoms with Crippen LogP contribution >= 0.6 is 0 Å². The SMILES string of the molecule is CCOC(=O)C1CCCCN1C(=O)COC(=O)Cn1ccc(C(F)(F)F)n1. The zero-order valence-corrected chi connectivity index (χ0v) is 14.7. The molecule has 0 spiro atoms. The molecule has 1 aliphatic rings. The average molecular weight is 391 g/mol. The Hall–Kier alpha value is -2.59. The van der Waals surface area contributed by atoms with Crippen LogP contribution in [-0.4, -0.2) is 58.3 Å². The molecule has 0 N–H and O–H groups in total. The van der Waals surface area contributed by atoms with Crippen molar-refractivity contribution in [3.63, 3.8) is 0 Å². The van der Waals surface area contributed by atoms with Crippen LogP contribution in [0.15, 0.2) is 12.3 Å². The molecule has 1 atom stereocenters. The van der Waals surface area contributed by atoms with Gasteiger partial charge in [-0.3, -0.25) is 14.3 Å². The van der Waals surface area contributed by atoms with E-state index in [9.17, 15) is 27.6 Å². The molecule has 1 amide bonds. The van der Waals surface area contributed by atoms with Crippen molar-refractivity contribution >= 4 is 17.8 Å². The van der Waals surface area contributed by atoms with E-state index in [0.717, 1.165) is 23.4 Å². The Morgan fingerprint density at radius 3 is 2.63 bits per heavy atom. The minimum absolute atomic E-state index is 0.191. The molecule has 8 nitrogen and oxygen atoms in total. The Labute approximate surface area is 153 Å². The van der Waals surface area contributed by atoms with E-state index in [1.54, 1.807) is 6.92 Å². The lowest BCUT2D eigenvalue weighted by molar-refractivity contribution is -0.161. The van der Waals surface area contributed by atoms with E-state index in [0.29, 0.717) is 19.4 Å². The molecular weight excluding hydrogens is 371 g/mol. The molecule has 1 saturated heterocycles. The summed E-state index contributed by atoms with van der Waals surface area (Å²) in [4.78, 5) is 37.3. The van der Waals surface area contributed by atoms with E-state index < -0.39 is 48.9 Å². The van der Waals surface area contributed by atoms with Gasteiger partial charge in [-0.25, -0.2) is 4.79 Å². The third-order valence-corrected chi connectivity index (χ3v) is 3.96. The minimum Gasteiger partial charge on any atom is -0.464 e. The normalized spacial score (nSPS) is 17.5. The second-order valence-corrected chi connectivity index (χ2v) is 5.91. The Morgan fingerprint density at radius 2 is 2.00 bits per heavy atom. The lowest BCUT2D eigenvalue weighted by atomic mass is 10.0. The van der Waals surface area contributed by atoms with E-state index in [-0.39, 0.29) is 6.61 Å². The number of likely N-dealkylation sites (tertiary alicyclic amines) is 1. The molecule has 0 radical (unpaired) electrons. The molecule has 2 rings (SSSR count). The van der Waals surface area contributed by atoms with Crippen LogP contribution in [0.2, 0.25) is 0 Å². The number of ether oxygens (including phenoxy) is 2. The molecule has 1 aromatic heterocycles. The lowest BCUT2D eigenvalue weighted by Gasteiger charge is -2.33. The van der Waals surface area contributed by atoms with Gasteiger partial charge in [-0.05, 0) is 32.3 Å². The molecular formula is C16H20F3N3O5. The standard InChI is InChI=1S/C16H20F3N3O5/c1-2-26-15(25)11-5-3-4-7-22(11)13(23)10-27-14(24)9-21-8-6-12(20-21)16(17,18)19/h6,8,11H,2-5,7,9-10H2,1H3. The number of esters is 2. The van der Waals surface area contributed by atoms with Gasteiger partial charge in [0.25, 0.3) is 5.91 Å². The largest absolute Gasteiger partial charge is 0.464 e. The Balaban J connectivity index is 1.87. The second kappa shape index (κ2) is 8.87. The number of halogens is 3. The van der Waals surface area contributed by atoms with Crippen LogP contribution in [0.3, 0.4) is 0 Å². The van der Waals surface area contributed by atoms with Crippen LogP contribution in [0.25, 0.3) is 0 Å². The monoisotopic (exact) mass is 391 g/mol. The molecule has 11 heteroatoms. The van der Waals surface area contributed by atoms with Gasteiger partial charge in [-0.2, -0.15) is 18.3 Å². The van der Waals surface area contributed by atoms with Gasteiger partial charge in [0.2, 0.25) is 0 Å². The summed E-state index contributed by atoms with van der Waals surface area (Å²) < 4.78 is 48.0. The first-order valence-corrected chi connectivity index (χ1v) is 8.44. The van der Waals surface area contributed by atoms with E-state index in [4.69, 9.17) is 9.47 Å². The molecule has 1 unspecified atom stereocenters. The molecule has 1 aromatic rings. The fraction of sp³-hybridized carbons (Fsp3) is 0.625. The van der Waals surface area contributed by atoms with Crippen molar-refractivity contribution in [2.24, 2.45) is 0 Å². The number of hydrogen-bond acceptors (Lipinski definition) is 6. The summed E-state index contributed by atoms with van der Waals surface area (Å²) in [6.45, 7) is 1.02. The quantitative estimate of drug-likeness (QED) is 0.681. The van der Waals surface area contributed by atoms with Crippen LogP contribution in [0.4, 0.5) is 13.2 Å². The first kappa shape index (κ1) is 20.7. The highest BCUT2D eigenvalue weighted by Gasteiger charge is 2.34. The van der Waals surface area contributed by atoms with Crippen molar-refractivity contribution in [2.75, 3.05) is 19.8 Å². The number of carbonyl (C=O) groups is 3. The zero-order chi connectivity index (χ0) is 20.0. The highest BCUT2D eigenvalue weighted by molar-refractivity contribution is 5.86. The number of hydrogen-bond donors (Lipinski definition) is 0. The summed E-state index contributed by atoms with van der Waals surface area (Å²) in [5.41, 5.74) is -1.13. The van der Waals surface area contributed by atoms with Gasteiger partial charge in [0, 0.05) is 12.7 Å². The third kappa shape index (κ3) is 5.69. The third-order valence-electron chi connectivity index (χ3n) is 3.96. The molecule has 27 heavy (non-hydrogen) atoms. The summed E-state index contributed by atoms with van der Waals surface area (Å²) in [6, 6.07) is 0.0150. The summed E-state index contributed by atoms with van der Waals surface area (Å²) in [7, 11) is 0. The summed E-state index contributed by atoms with van der Waals surface area (Å²) in [5, 5.41) is 3.23. The van der Waals surface area contributed by atoms with Crippen LogP contribution in [-0.2, 0) is 36.6 Å². The molecule has 0 saturated carbocycles. The maximum absolute atomic E-state index is 12.5. The van der Waals surface area contributed by atoms with Crippen molar-refractivity contribution in [3.8, 4) is 0 Å². The van der Waals surface area contributed by atoms with E-state index in [1.165, 1.54) is 4.90 Å². The van der Waals surface area contributed by atoms with Crippen LogP contribution < -0.4 is 0 Å². The van der Waals surface area contributed by atoms with Crippen LogP contribution in [0.1, 0.15) is 31.9 Å². The molecule has 2 heterocycles. The van der Waals surface area contributed by atoms with E-state index in [2.05, 4.69) is 5.10 Å². The van der Waals surface area contributed by atoms with Gasteiger partial charge >= 0.3 is 18.1 Å². The fourth-order valence-electron chi connectivity index (χ4n) is 2.72. The van der Waals surface area contributed by atoms with Crippen molar-refractivity contribution in [1.29, 1.82) is 0 Å². The molecule has 0 bridgehead atoms. The Bertz CT molecular complexity index is 689. The topological polar surface area (TPSA) is 90.7 Å². The van der Waals surface area contributed by atoms with E-state index >= 15 is 0 Å². The van der Waals surface area contributed by atoms with Gasteiger partial charge in [0.1, 0.15) is 12.6 Å². The predicted octanol–water partition coefficient (Wildman–Crippen LogP) is 1.39. The molecule has 150 valence electrons. The second-order valence-electron chi connectivity index (χ2n) is 5.91. The minimum atomic E-state index is -4.61. The highest BCUT2D eigenvalue weighted by Crippen LogP contribution is 2.27. The van der Waals surface area contributed by atoms with Crippen molar-refractivity contribution < 1.29 is 37.0 Å². The van der Waals surface area contributed by atoms with Crippen LogP contribution in [0.5, 0.6) is 0 Å². The predicted molar refractivity (Wildman–Crippen MR) is 84.2 cm³/mol. The number of aromatic nitrogens is 2. The first-order chi connectivity index (χ1) is 12.7. The Kier molecular flexibility index (Phi) is 6.81. The van der Waals surface area contributed by atoms with Gasteiger partial charge in [0.05, 0.1) is 6.61 Å². The van der Waals surface area contributed by atoms with Gasteiger partial charge in [0.15, 0.2) is 12.3 Å². The van der Waals surface area contributed by atoms with Crippen molar-refractivity contribution in [2.45, 2.75) is 44.9 Å². The molecule has 1 fully saturated rings.